The molecule has 2 atom stereocenters. The fourth-order valence-electron chi connectivity index (χ4n) is 5.57. The maximum absolute atomic E-state index is 15.5. The number of rotatable bonds is 10. The number of nitrogens with zero attached hydrogens (tertiary/aromatic N) is 3. The minimum Gasteiger partial charge on any atom is -0.494 e. The maximum atomic E-state index is 15.5. The van der Waals surface area contributed by atoms with E-state index in [0.29, 0.717) is 49.7 Å². The number of piperidine rings is 1. The van der Waals surface area contributed by atoms with Gasteiger partial charge in [-0.15, -0.1) is 0 Å². The minimum absolute atomic E-state index is 0.0178. The molecule has 5 rings (SSSR count). The van der Waals surface area contributed by atoms with E-state index in [1.54, 1.807) is 19.4 Å². The van der Waals surface area contributed by atoms with Gasteiger partial charge in [0.15, 0.2) is 28.9 Å². The summed E-state index contributed by atoms with van der Waals surface area (Å²) in [5, 5.41) is 4.84. The first-order chi connectivity index (χ1) is 20.2. The van der Waals surface area contributed by atoms with Crippen molar-refractivity contribution in [2.24, 2.45) is 5.92 Å². The first kappa shape index (κ1) is 29.7. The largest absolute Gasteiger partial charge is 0.494 e. The van der Waals surface area contributed by atoms with E-state index >= 15 is 8.78 Å². The van der Waals surface area contributed by atoms with Gasteiger partial charge in [0.25, 0.3) is 0 Å². The Balaban J connectivity index is 1.59. The minimum atomic E-state index is -0.869. The first-order valence-corrected chi connectivity index (χ1v) is 13.9. The van der Waals surface area contributed by atoms with Crippen LogP contribution in [0.4, 0.5) is 20.4 Å². The van der Waals surface area contributed by atoms with E-state index in [4.69, 9.17) is 23.9 Å². The molecule has 1 aromatic carbocycles. The van der Waals surface area contributed by atoms with Crippen molar-refractivity contribution < 1.29 is 32.5 Å². The average Bonchev–Trinajstić information content (AvgIpc) is 3.43. The van der Waals surface area contributed by atoms with E-state index in [2.05, 4.69) is 28.7 Å². The van der Waals surface area contributed by atoms with E-state index in [-0.39, 0.29) is 46.1 Å². The van der Waals surface area contributed by atoms with Crippen LogP contribution in [0.25, 0.3) is 22.0 Å². The van der Waals surface area contributed by atoms with Gasteiger partial charge in [-0.1, -0.05) is 6.58 Å². The smallest absolute Gasteiger partial charge is 0.177 e. The predicted molar refractivity (Wildman–Crippen MR) is 156 cm³/mol. The van der Waals surface area contributed by atoms with Gasteiger partial charge in [-0.05, 0) is 38.0 Å². The number of ketones is 1. The number of hydrogen-bond acceptors (Lipinski definition) is 9. The summed E-state index contributed by atoms with van der Waals surface area (Å²) in [7, 11) is 4.33. The molecule has 224 valence electrons. The fraction of sp³-hybridized carbons (Fsp3) is 0.452. The number of aromatic nitrogens is 2. The number of anilines is 2. The molecule has 2 fully saturated rings. The van der Waals surface area contributed by atoms with Gasteiger partial charge in [0, 0.05) is 55.6 Å². The Morgan fingerprint density at radius 1 is 1.14 bits per heavy atom. The fourth-order valence-corrected chi connectivity index (χ4v) is 5.57. The molecular formula is C31H36F2N4O5. The lowest BCUT2D eigenvalue weighted by atomic mass is 9.93. The Morgan fingerprint density at radius 2 is 1.83 bits per heavy atom. The molecule has 0 unspecified atom stereocenters. The SMILES string of the molecule is C=CC(=O)C[C@H]1COC[C@H]1Nc1cc2c(N3CCC(C)(OC)CC3)nc(-c3c(F)c(OC)cc(OC)c3F)cc2cn1. The van der Waals surface area contributed by atoms with Crippen molar-refractivity contribution >= 4 is 28.2 Å². The number of nitrogens with one attached hydrogen (secondary N) is 1. The Morgan fingerprint density at radius 3 is 2.45 bits per heavy atom. The molecule has 0 bridgehead atoms. The van der Waals surface area contributed by atoms with Crippen molar-refractivity contribution in [3.05, 3.63) is 48.7 Å². The highest BCUT2D eigenvalue weighted by atomic mass is 19.1. The van der Waals surface area contributed by atoms with Crippen molar-refractivity contribution in [1.82, 2.24) is 9.97 Å². The zero-order valence-corrected chi connectivity index (χ0v) is 24.3. The van der Waals surface area contributed by atoms with Crippen LogP contribution in [0.5, 0.6) is 11.5 Å². The van der Waals surface area contributed by atoms with Crippen molar-refractivity contribution in [2.75, 3.05) is 57.8 Å². The summed E-state index contributed by atoms with van der Waals surface area (Å²) in [6.07, 6.45) is 4.82. The van der Waals surface area contributed by atoms with Crippen molar-refractivity contribution in [1.29, 1.82) is 0 Å². The molecule has 2 aromatic heterocycles. The highest BCUT2D eigenvalue weighted by molar-refractivity contribution is 5.96. The van der Waals surface area contributed by atoms with Crippen LogP contribution in [0.1, 0.15) is 26.2 Å². The number of allylic oxidation sites excluding steroid dienone is 1. The highest BCUT2D eigenvalue weighted by Gasteiger charge is 2.33. The third-order valence-corrected chi connectivity index (χ3v) is 8.36. The number of pyridine rings is 2. The normalized spacial score (nSPS) is 20.0. The second kappa shape index (κ2) is 12.2. The summed E-state index contributed by atoms with van der Waals surface area (Å²) < 4.78 is 52.8. The zero-order chi connectivity index (χ0) is 30.0. The second-order valence-electron chi connectivity index (χ2n) is 11.0. The third kappa shape index (κ3) is 5.76. The van der Waals surface area contributed by atoms with Crippen LogP contribution < -0.4 is 19.7 Å². The number of fused-ring (bicyclic) bond motifs is 1. The number of ether oxygens (including phenoxy) is 4. The van der Waals surface area contributed by atoms with E-state index in [0.717, 1.165) is 18.2 Å². The molecule has 0 saturated carbocycles. The van der Waals surface area contributed by atoms with Crippen molar-refractivity contribution in [2.45, 2.75) is 37.8 Å². The lowest BCUT2D eigenvalue weighted by Crippen LogP contribution is -2.44. The van der Waals surface area contributed by atoms with Gasteiger partial charge >= 0.3 is 0 Å². The Kier molecular flexibility index (Phi) is 8.60. The van der Waals surface area contributed by atoms with Crippen LogP contribution in [0.15, 0.2) is 37.1 Å². The van der Waals surface area contributed by atoms with Crippen LogP contribution >= 0.6 is 0 Å². The molecular weight excluding hydrogens is 546 g/mol. The molecule has 0 spiro atoms. The lowest BCUT2D eigenvalue weighted by Gasteiger charge is -2.39. The number of hydrogen-bond donors (Lipinski definition) is 1. The number of halogens is 2. The monoisotopic (exact) mass is 582 g/mol. The number of carbonyl (C=O) groups excluding carboxylic acids is 1. The first-order valence-electron chi connectivity index (χ1n) is 13.9. The molecule has 9 nitrogen and oxygen atoms in total. The number of methoxy groups -OCH3 is 3. The molecule has 1 N–H and O–H groups in total. The number of benzene rings is 1. The van der Waals surface area contributed by atoms with Gasteiger partial charge in [0.05, 0.1) is 50.3 Å². The van der Waals surface area contributed by atoms with Crippen LogP contribution in [0.3, 0.4) is 0 Å². The van der Waals surface area contributed by atoms with Gasteiger partial charge in [-0.3, -0.25) is 4.79 Å². The van der Waals surface area contributed by atoms with E-state index in [1.807, 2.05) is 6.07 Å². The quantitative estimate of drug-likeness (QED) is 0.325. The summed E-state index contributed by atoms with van der Waals surface area (Å²) in [5.41, 5.74) is -0.510. The molecule has 0 amide bonds. The molecule has 2 saturated heterocycles. The Bertz CT molecular complexity index is 1460. The Labute approximate surface area is 243 Å². The summed E-state index contributed by atoms with van der Waals surface area (Å²) in [4.78, 5) is 23.5. The lowest BCUT2D eigenvalue weighted by molar-refractivity contribution is -0.115. The topological polar surface area (TPSA) is 95.0 Å². The van der Waals surface area contributed by atoms with Gasteiger partial charge in [-0.25, -0.2) is 18.7 Å². The molecule has 42 heavy (non-hydrogen) atoms. The van der Waals surface area contributed by atoms with E-state index in [9.17, 15) is 4.79 Å². The Hall–Kier alpha value is -3.83. The summed E-state index contributed by atoms with van der Waals surface area (Å²) in [6.45, 7) is 7.82. The van der Waals surface area contributed by atoms with Gasteiger partial charge in [-0.2, -0.15) is 0 Å². The molecule has 2 aliphatic heterocycles. The van der Waals surface area contributed by atoms with Crippen LogP contribution in [0.2, 0.25) is 0 Å². The summed E-state index contributed by atoms with van der Waals surface area (Å²) in [5.74, 6) is -0.932. The second-order valence-corrected chi connectivity index (χ2v) is 11.0. The molecule has 0 radical (unpaired) electrons. The van der Waals surface area contributed by atoms with Crippen LogP contribution in [-0.2, 0) is 14.3 Å². The number of carbonyl (C=O) groups is 1. The van der Waals surface area contributed by atoms with E-state index in [1.165, 1.54) is 26.4 Å². The average molecular weight is 583 g/mol. The molecule has 3 aromatic rings. The van der Waals surface area contributed by atoms with E-state index < -0.39 is 11.6 Å². The maximum Gasteiger partial charge on any atom is 0.177 e. The van der Waals surface area contributed by atoms with Crippen molar-refractivity contribution in [3.8, 4) is 22.8 Å². The van der Waals surface area contributed by atoms with Gasteiger partial charge < -0.3 is 29.2 Å². The molecule has 2 aliphatic rings. The van der Waals surface area contributed by atoms with Crippen molar-refractivity contribution in [3.63, 3.8) is 0 Å². The summed E-state index contributed by atoms with van der Waals surface area (Å²) >= 11 is 0. The standard InChI is InChI=1S/C31H36F2N4O5/c1-6-20(38)11-19-16-42-17-23(19)35-26-13-21-18(15-34-26)12-22(27-28(32)24(39-3)14-25(40-4)29(27)33)36-30(21)37-9-7-31(2,41-5)8-10-37/h6,12-15,19,23H,1,7-11,16-17H2,2-5H3,(H,34,35)/t19-,23+/m0/s1. The van der Waals surface area contributed by atoms with Gasteiger partial charge in [0.1, 0.15) is 11.6 Å². The van der Waals surface area contributed by atoms with Crippen LogP contribution in [0, 0.1) is 17.6 Å². The summed E-state index contributed by atoms with van der Waals surface area (Å²) in [6, 6.07) is 4.56. The zero-order valence-electron chi connectivity index (χ0n) is 24.3. The third-order valence-electron chi connectivity index (χ3n) is 8.36. The van der Waals surface area contributed by atoms with Gasteiger partial charge in [0.2, 0.25) is 0 Å². The highest BCUT2D eigenvalue weighted by Crippen LogP contribution is 2.40. The predicted octanol–water partition coefficient (Wildman–Crippen LogP) is 5.17. The molecule has 0 aliphatic carbocycles. The molecule has 11 heteroatoms. The molecule has 4 heterocycles. The van der Waals surface area contributed by atoms with Crippen LogP contribution in [-0.4, -0.2) is 75.0 Å².